The third kappa shape index (κ3) is 3.93. The maximum Gasteiger partial charge on any atom is 0.264 e. The van der Waals surface area contributed by atoms with E-state index in [4.69, 9.17) is 4.74 Å². The second-order valence-corrected chi connectivity index (χ2v) is 4.03. The molecule has 1 rings (SSSR count). The van der Waals surface area contributed by atoms with Crippen molar-refractivity contribution in [3.63, 3.8) is 0 Å². The molecule has 1 aliphatic heterocycles. The predicted molar refractivity (Wildman–Crippen MR) is 70.0 cm³/mol. The molecular formula is C12H21NO2S. The first-order valence-corrected chi connectivity index (χ1v) is 6.58. The lowest BCUT2D eigenvalue weighted by molar-refractivity contribution is -0.133. The van der Waals surface area contributed by atoms with E-state index < -0.39 is 0 Å². The molecule has 0 N–H and O–H groups in total. The molecule has 0 aromatic heterocycles. The topological polar surface area (TPSA) is 29.5 Å². The van der Waals surface area contributed by atoms with Gasteiger partial charge in [-0.1, -0.05) is 39.1 Å². The molecule has 1 amide bonds. The highest BCUT2D eigenvalue weighted by atomic mass is 32.2. The number of hydrogen-bond acceptors (Lipinski definition) is 3. The van der Waals surface area contributed by atoms with Gasteiger partial charge in [0.15, 0.2) is 11.7 Å². The van der Waals surface area contributed by atoms with Gasteiger partial charge in [-0.3, -0.25) is 4.79 Å². The van der Waals surface area contributed by atoms with Crippen LogP contribution in [-0.4, -0.2) is 30.2 Å². The Morgan fingerprint density at radius 2 is 2.19 bits per heavy atom. The molecule has 92 valence electrons. The Balaban J connectivity index is 0.00000106. The second kappa shape index (κ2) is 8.28. The molecule has 16 heavy (non-hydrogen) atoms. The Hall–Kier alpha value is -0.900. The summed E-state index contributed by atoms with van der Waals surface area (Å²) in [4.78, 5) is 12.9. The second-order valence-electron chi connectivity index (χ2n) is 2.97. The Labute approximate surface area is 103 Å². The normalized spacial score (nSPS) is 15.2. The molecule has 0 radical (unpaired) electrons. The van der Waals surface area contributed by atoms with Gasteiger partial charge in [-0.25, -0.2) is 0 Å². The summed E-state index contributed by atoms with van der Waals surface area (Å²) in [7, 11) is 1.74. The smallest absolute Gasteiger partial charge is 0.264 e. The number of nitrogens with zero attached hydrogens (tertiary/aromatic N) is 1. The highest BCUT2D eigenvalue weighted by molar-refractivity contribution is 8.02. The van der Waals surface area contributed by atoms with Crippen LogP contribution in [0.25, 0.3) is 0 Å². The minimum absolute atomic E-state index is 0.0271. The number of likely N-dealkylation sites (N-methyl/N-ethyl adjacent to an activating group) is 1. The predicted octanol–water partition coefficient (Wildman–Crippen LogP) is 3.00. The summed E-state index contributed by atoms with van der Waals surface area (Å²) in [5, 5.41) is 0.809. The molecular weight excluding hydrogens is 222 g/mol. The first-order chi connectivity index (χ1) is 7.70. The van der Waals surface area contributed by atoms with Crippen LogP contribution in [0, 0.1) is 0 Å². The van der Waals surface area contributed by atoms with E-state index in [0.717, 1.165) is 23.0 Å². The lowest BCUT2D eigenvalue weighted by Crippen LogP contribution is -2.33. The molecule has 0 fully saturated rings. The number of hydrogen-bond donors (Lipinski definition) is 0. The summed E-state index contributed by atoms with van der Waals surface area (Å²) >= 11 is 1.63. The Morgan fingerprint density at radius 3 is 2.69 bits per heavy atom. The van der Waals surface area contributed by atoms with Crippen molar-refractivity contribution >= 4 is 17.7 Å². The van der Waals surface area contributed by atoms with Crippen LogP contribution in [-0.2, 0) is 9.53 Å². The maximum atomic E-state index is 11.3. The Bertz CT molecular complexity index is 274. The summed E-state index contributed by atoms with van der Waals surface area (Å²) in [5.74, 6) is 0.968. The van der Waals surface area contributed by atoms with Gasteiger partial charge < -0.3 is 9.64 Å². The third-order valence-corrected chi connectivity index (χ3v) is 3.10. The van der Waals surface area contributed by atoms with E-state index in [2.05, 4.69) is 13.5 Å². The van der Waals surface area contributed by atoms with Crippen molar-refractivity contribution < 1.29 is 9.53 Å². The molecule has 0 bridgehead atoms. The van der Waals surface area contributed by atoms with Gasteiger partial charge in [-0.2, -0.15) is 0 Å². The molecule has 3 nitrogen and oxygen atoms in total. The summed E-state index contributed by atoms with van der Waals surface area (Å²) in [6.45, 7) is 9.93. The Kier molecular flexibility index (Phi) is 7.81. The summed E-state index contributed by atoms with van der Waals surface area (Å²) in [6.07, 6.45) is 2.74. The van der Waals surface area contributed by atoms with Crippen molar-refractivity contribution in [2.45, 2.75) is 27.2 Å². The number of ether oxygens (including phenoxy) is 1. The van der Waals surface area contributed by atoms with E-state index in [9.17, 15) is 4.79 Å². The molecule has 0 aromatic rings. The third-order valence-electron chi connectivity index (χ3n) is 1.90. The van der Waals surface area contributed by atoms with E-state index in [1.54, 1.807) is 29.8 Å². The van der Waals surface area contributed by atoms with Crippen LogP contribution < -0.4 is 0 Å². The molecule has 1 aliphatic rings. The fourth-order valence-corrected chi connectivity index (χ4v) is 2.00. The number of rotatable bonds is 4. The first-order valence-electron chi connectivity index (χ1n) is 5.59. The SMILES string of the molecule is C=CC1=C(SCCC)OCC(=O)N1C.CC. The van der Waals surface area contributed by atoms with Gasteiger partial charge in [-0.05, 0) is 12.5 Å². The van der Waals surface area contributed by atoms with E-state index in [-0.39, 0.29) is 12.5 Å². The van der Waals surface area contributed by atoms with Crippen molar-refractivity contribution in [1.29, 1.82) is 0 Å². The van der Waals surface area contributed by atoms with Gasteiger partial charge in [0.1, 0.15) is 0 Å². The van der Waals surface area contributed by atoms with Crippen LogP contribution in [0.2, 0.25) is 0 Å². The van der Waals surface area contributed by atoms with E-state index in [1.165, 1.54) is 0 Å². The number of thioether (sulfide) groups is 1. The highest BCUT2D eigenvalue weighted by Gasteiger charge is 2.22. The van der Waals surface area contributed by atoms with E-state index >= 15 is 0 Å². The van der Waals surface area contributed by atoms with Gasteiger partial charge in [0, 0.05) is 12.8 Å². The van der Waals surface area contributed by atoms with Gasteiger partial charge >= 0.3 is 0 Å². The van der Waals surface area contributed by atoms with Crippen molar-refractivity contribution in [3.8, 4) is 0 Å². The fourth-order valence-electron chi connectivity index (χ4n) is 1.10. The maximum absolute atomic E-state index is 11.3. The van der Waals surface area contributed by atoms with Crippen molar-refractivity contribution in [2.24, 2.45) is 0 Å². The van der Waals surface area contributed by atoms with Crippen LogP contribution in [0.4, 0.5) is 0 Å². The summed E-state index contributed by atoms with van der Waals surface area (Å²) in [6, 6.07) is 0. The number of carbonyl (C=O) groups is 1. The van der Waals surface area contributed by atoms with Crippen LogP contribution in [0.1, 0.15) is 27.2 Å². The number of allylic oxidation sites excluding steroid dienone is 1. The largest absolute Gasteiger partial charge is 0.475 e. The summed E-state index contributed by atoms with van der Waals surface area (Å²) in [5.41, 5.74) is 0.778. The molecule has 0 saturated heterocycles. The lowest BCUT2D eigenvalue weighted by atomic mass is 10.3. The van der Waals surface area contributed by atoms with Gasteiger partial charge in [0.25, 0.3) is 5.91 Å². The fraction of sp³-hybridized carbons (Fsp3) is 0.583. The van der Waals surface area contributed by atoms with Gasteiger partial charge in [0.05, 0.1) is 5.70 Å². The Morgan fingerprint density at radius 1 is 1.56 bits per heavy atom. The standard InChI is InChI=1S/C10H15NO2S.C2H6/c1-4-6-14-10-8(5-2)11(3)9(12)7-13-10;1-2/h5H,2,4,6-7H2,1,3H3;1-2H3. The van der Waals surface area contributed by atoms with Crippen molar-refractivity contribution in [2.75, 3.05) is 19.4 Å². The van der Waals surface area contributed by atoms with Crippen LogP contribution in [0.5, 0.6) is 0 Å². The average Bonchev–Trinajstić information content (AvgIpc) is 2.33. The number of carbonyl (C=O) groups excluding carboxylic acids is 1. The zero-order valence-corrected chi connectivity index (χ0v) is 11.4. The van der Waals surface area contributed by atoms with Gasteiger partial charge in [0.2, 0.25) is 0 Å². The van der Waals surface area contributed by atoms with Crippen LogP contribution in [0.15, 0.2) is 23.4 Å². The monoisotopic (exact) mass is 243 g/mol. The van der Waals surface area contributed by atoms with Gasteiger partial charge in [-0.15, -0.1) is 0 Å². The zero-order chi connectivity index (χ0) is 12.6. The quantitative estimate of drug-likeness (QED) is 0.760. The van der Waals surface area contributed by atoms with E-state index in [1.807, 2.05) is 13.8 Å². The van der Waals surface area contributed by atoms with Crippen LogP contribution in [0.3, 0.4) is 0 Å². The molecule has 0 saturated carbocycles. The van der Waals surface area contributed by atoms with Crippen LogP contribution >= 0.6 is 11.8 Å². The minimum Gasteiger partial charge on any atom is -0.475 e. The molecule has 0 aliphatic carbocycles. The number of amides is 1. The van der Waals surface area contributed by atoms with E-state index in [0.29, 0.717) is 0 Å². The molecule has 0 unspecified atom stereocenters. The average molecular weight is 243 g/mol. The molecule has 1 heterocycles. The van der Waals surface area contributed by atoms with Crippen molar-refractivity contribution in [3.05, 3.63) is 23.4 Å². The highest BCUT2D eigenvalue weighted by Crippen LogP contribution is 2.27. The molecule has 0 spiro atoms. The molecule has 0 aromatic carbocycles. The molecule has 0 atom stereocenters. The lowest BCUT2D eigenvalue weighted by Gasteiger charge is -2.26. The zero-order valence-electron chi connectivity index (χ0n) is 10.6. The first kappa shape index (κ1) is 15.1. The minimum atomic E-state index is -0.0271. The molecule has 4 heteroatoms. The van der Waals surface area contributed by atoms with Crippen molar-refractivity contribution in [1.82, 2.24) is 4.90 Å². The summed E-state index contributed by atoms with van der Waals surface area (Å²) < 4.78 is 5.35.